The molecule has 0 radical (unpaired) electrons. The van der Waals surface area contributed by atoms with Crippen LogP contribution in [-0.4, -0.2) is 20.7 Å². The van der Waals surface area contributed by atoms with Crippen molar-refractivity contribution in [2.45, 2.75) is 32.2 Å². The fourth-order valence-corrected chi connectivity index (χ4v) is 3.33. The van der Waals surface area contributed by atoms with Crippen molar-refractivity contribution in [2.24, 2.45) is 17.6 Å². The number of hydrogen-bond donors (Lipinski definition) is 2. The SMILES string of the molecule is N#Cc1cncc(Nc2nn(C[C@H]3CCCCC3C#N)cc2C(N)=O)c1. The van der Waals surface area contributed by atoms with Crippen molar-refractivity contribution in [3.63, 3.8) is 0 Å². The van der Waals surface area contributed by atoms with E-state index >= 15 is 0 Å². The predicted molar refractivity (Wildman–Crippen MR) is 94.0 cm³/mol. The summed E-state index contributed by atoms with van der Waals surface area (Å²) in [4.78, 5) is 15.7. The van der Waals surface area contributed by atoms with E-state index in [0.29, 0.717) is 23.6 Å². The quantitative estimate of drug-likeness (QED) is 0.851. The molecule has 1 aliphatic carbocycles. The Hall–Kier alpha value is -3.39. The molecule has 3 N–H and O–H groups in total. The van der Waals surface area contributed by atoms with Crippen LogP contribution in [0.4, 0.5) is 11.5 Å². The van der Waals surface area contributed by atoms with Gasteiger partial charge in [-0.1, -0.05) is 12.8 Å². The zero-order valence-electron chi connectivity index (χ0n) is 14.2. The molecule has 8 nitrogen and oxygen atoms in total. The maximum Gasteiger partial charge on any atom is 0.254 e. The minimum atomic E-state index is -0.594. The summed E-state index contributed by atoms with van der Waals surface area (Å²) >= 11 is 0. The number of nitrogens with one attached hydrogen (secondary N) is 1. The number of pyridine rings is 1. The number of nitrogens with two attached hydrogens (primary N) is 1. The first-order valence-electron chi connectivity index (χ1n) is 8.49. The van der Waals surface area contributed by atoms with Gasteiger partial charge in [0.1, 0.15) is 11.6 Å². The standard InChI is InChI=1S/C18H19N7O/c19-6-12-5-15(9-22-8-12)23-18-16(17(21)26)11-25(24-18)10-14-4-2-1-3-13(14)7-20/h5,8-9,11,13-14H,1-4,10H2,(H2,21,26)(H,23,24)/t13?,14-/m1/s1. The topological polar surface area (TPSA) is 133 Å². The lowest BCUT2D eigenvalue weighted by Crippen LogP contribution is -2.23. The Morgan fingerprint density at radius 3 is 2.88 bits per heavy atom. The van der Waals surface area contributed by atoms with E-state index in [0.717, 1.165) is 25.7 Å². The first kappa shape index (κ1) is 17.4. The van der Waals surface area contributed by atoms with Crippen molar-refractivity contribution in [2.75, 3.05) is 5.32 Å². The second kappa shape index (κ2) is 7.66. The number of carbonyl (C=O) groups excluding carboxylic acids is 1. The van der Waals surface area contributed by atoms with E-state index in [9.17, 15) is 10.1 Å². The molecule has 3 rings (SSSR count). The van der Waals surface area contributed by atoms with E-state index < -0.39 is 5.91 Å². The highest BCUT2D eigenvalue weighted by atomic mass is 16.1. The van der Waals surface area contributed by atoms with Crippen LogP contribution < -0.4 is 11.1 Å². The van der Waals surface area contributed by atoms with E-state index in [-0.39, 0.29) is 17.4 Å². The molecule has 132 valence electrons. The molecule has 1 aliphatic rings. The molecule has 0 spiro atoms. The van der Waals surface area contributed by atoms with Crippen LogP contribution in [0, 0.1) is 34.5 Å². The third-order valence-electron chi connectivity index (χ3n) is 4.65. The number of carbonyl (C=O) groups is 1. The highest BCUT2D eigenvalue weighted by Gasteiger charge is 2.26. The average Bonchev–Trinajstić information content (AvgIpc) is 3.05. The molecule has 2 aromatic rings. The zero-order chi connectivity index (χ0) is 18.5. The van der Waals surface area contributed by atoms with Gasteiger partial charge in [0.05, 0.1) is 29.4 Å². The van der Waals surface area contributed by atoms with Crippen molar-refractivity contribution in [1.29, 1.82) is 10.5 Å². The Bertz CT molecular complexity index is 890. The molecular weight excluding hydrogens is 330 g/mol. The Morgan fingerprint density at radius 1 is 1.35 bits per heavy atom. The lowest BCUT2D eigenvalue weighted by atomic mass is 9.80. The molecule has 1 unspecified atom stereocenters. The molecular formula is C18H19N7O. The summed E-state index contributed by atoms with van der Waals surface area (Å²) in [5, 5.41) is 25.7. The lowest BCUT2D eigenvalue weighted by Gasteiger charge is -2.26. The maximum absolute atomic E-state index is 11.8. The second-order valence-corrected chi connectivity index (χ2v) is 6.46. The second-order valence-electron chi connectivity index (χ2n) is 6.46. The molecule has 0 aliphatic heterocycles. The first-order valence-corrected chi connectivity index (χ1v) is 8.49. The number of nitriles is 2. The minimum Gasteiger partial charge on any atom is -0.365 e. The van der Waals surface area contributed by atoms with E-state index in [1.54, 1.807) is 16.9 Å². The van der Waals surface area contributed by atoms with Crippen molar-refractivity contribution in [3.8, 4) is 12.1 Å². The van der Waals surface area contributed by atoms with Gasteiger partial charge in [-0.15, -0.1) is 0 Å². The van der Waals surface area contributed by atoms with Crippen LogP contribution in [0.2, 0.25) is 0 Å². The Labute approximate surface area is 151 Å². The van der Waals surface area contributed by atoms with E-state index in [1.165, 1.54) is 12.4 Å². The lowest BCUT2D eigenvalue weighted by molar-refractivity contribution is 0.100. The molecule has 1 amide bonds. The maximum atomic E-state index is 11.8. The Balaban J connectivity index is 1.83. The van der Waals surface area contributed by atoms with Gasteiger partial charge in [0.15, 0.2) is 5.82 Å². The Kier molecular flexibility index (Phi) is 5.14. The Morgan fingerprint density at radius 2 is 2.15 bits per heavy atom. The fourth-order valence-electron chi connectivity index (χ4n) is 3.33. The number of anilines is 2. The zero-order valence-corrected chi connectivity index (χ0v) is 14.2. The van der Waals surface area contributed by atoms with Gasteiger partial charge < -0.3 is 11.1 Å². The normalized spacial score (nSPS) is 19.3. The van der Waals surface area contributed by atoms with Gasteiger partial charge in [0.2, 0.25) is 0 Å². The molecule has 2 aromatic heterocycles. The van der Waals surface area contributed by atoms with Gasteiger partial charge in [-0.2, -0.15) is 15.6 Å². The number of rotatable bonds is 5. The van der Waals surface area contributed by atoms with E-state index in [4.69, 9.17) is 11.0 Å². The summed E-state index contributed by atoms with van der Waals surface area (Å²) in [7, 11) is 0. The van der Waals surface area contributed by atoms with Gasteiger partial charge in [-0.25, -0.2) is 0 Å². The van der Waals surface area contributed by atoms with E-state index in [1.807, 2.05) is 6.07 Å². The fraction of sp³-hybridized carbons (Fsp3) is 0.389. The highest BCUT2D eigenvalue weighted by Crippen LogP contribution is 2.31. The molecule has 26 heavy (non-hydrogen) atoms. The molecule has 2 atom stereocenters. The molecule has 1 saturated carbocycles. The number of aromatic nitrogens is 3. The highest BCUT2D eigenvalue weighted by molar-refractivity contribution is 5.98. The van der Waals surface area contributed by atoms with Crippen molar-refractivity contribution >= 4 is 17.4 Å². The van der Waals surface area contributed by atoms with Gasteiger partial charge in [0, 0.05) is 18.9 Å². The van der Waals surface area contributed by atoms with Crippen LogP contribution in [0.15, 0.2) is 24.7 Å². The number of nitrogens with zero attached hydrogens (tertiary/aromatic N) is 5. The van der Waals surface area contributed by atoms with Crippen molar-refractivity contribution in [1.82, 2.24) is 14.8 Å². The monoisotopic (exact) mass is 349 g/mol. The third kappa shape index (κ3) is 3.81. The van der Waals surface area contributed by atoms with Gasteiger partial charge in [0.25, 0.3) is 5.91 Å². The van der Waals surface area contributed by atoms with Crippen LogP contribution in [0.5, 0.6) is 0 Å². The summed E-state index contributed by atoms with van der Waals surface area (Å²) in [6, 6.07) is 6.01. The predicted octanol–water partition coefficient (Wildman–Crippen LogP) is 2.32. The number of hydrogen-bond acceptors (Lipinski definition) is 6. The molecule has 2 heterocycles. The summed E-state index contributed by atoms with van der Waals surface area (Å²) in [5.74, 6) is -0.0500. The van der Waals surface area contributed by atoms with Crippen LogP contribution >= 0.6 is 0 Å². The average molecular weight is 349 g/mol. The molecule has 0 bridgehead atoms. The number of amides is 1. The van der Waals surface area contributed by atoms with Crippen LogP contribution in [0.1, 0.15) is 41.6 Å². The van der Waals surface area contributed by atoms with Crippen LogP contribution in [-0.2, 0) is 6.54 Å². The summed E-state index contributed by atoms with van der Waals surface area (Å²) in [6.07, 6.45) is 8.65. The first-order chi connectivity index (χ1) is 12.6. The van der Waals surface area contributed by atoms with Gasteiger partial charge >= 0.3 is 0 Å². The third-order valence-corrected chi connectivity index (χ3v) is 4.65. The smallest absolute Gasteiger partial charge is 0.254 e. The molecule has 8 heteroatoms. The summed E-state index contributed by atoms with van der Waals surface area (Å²) in [5.41, 5.74) is 6.68. The molecule has 0 aromatic carbocycles. The number of primary amides is 1. The van der Waals surface area contributed by atoms with E-state index in [2.05, 4.69) is 21.5 Å². The largest absolute Gasteiger partial charge is 0.365 e. The van der Waals surface area contributed by atoms with Gasteiger partial charge in [-0.05, 0) is 24.8 Å². The minimum absolute atomic E-state index is 0.0119. The summed E-state index contributed by atoms with van der Waals surface area (Å²) in [6.45, 7) is 0.566. The van der Waals surface area contributed by atoms with Crippen LogP contribution in [0.25, 0.3) is 0 Å². The van der Waals surface area contributed by atoms with Crippen molar-refractivity contribution in [3.05, 3.63) is 35.8 Å². The van der Waals surface area contributed by atoms with Crippen LogP contribution in [0.3, 0.4) is 0 Å². The molecule has 0 saturated heterocycles. The molecule has 1 fully saturated rings. The van der Waals surface area contributed by atoms with Gasteiger partial charge in [-0.3, -0.25) is 14.5 Å². The summed E-state index contributed by atoms with van der Waals surface area (Å²) < 4.78 is 1.67. The van der Waals surface area contributed by atoms with Crippen molar-refractivity contribution < 1.29 is 4.79 Å².